The molecular weight excluding hydrogens is 380 g/mol. The normalized spacial score (nSPS) is 21.8. The van der Waals surface area contributed by atoms with Crippen molar-refractivity contribution in [3.8, 4) is 5.69 Å². The summed E-state index contributed by atoms with van der Waals surface area (Å²) in [4.78, 5) is 13.7. The van der Waals surface area contributed by atoms with E-state index in [0.717, 1.165) is 36.9 Å². The Balaban J connectivity index is 1.60. The zero-order valence-electron chi connectivity index (χ0n) is 16.9. The van der Waals surface area contributed by atoms with Crippen molar-refractivity contribution >= 4 is 17.5 Å². The van der Waals surface area contributed by atoms with Crippen LogP contribution in [0.1, 0.15) is 45.1 Å². The van der Waals surface area contributed by atoms with Gasteiger partial charge in [0.05, 0.1) is 16.4 Å². The molecule has 1 heterocycles. The summed E-state index contributed by atoms with van der Waals surface area (Å²) in [5.74, 6) is 0.887. The van der Waals surface area contributed by atoms with Crippen molar-refractivity contribution < 1.29 is 4.79 Å². The zero-order chi connectivity index (χ0) is 20.3. The molecule has 0 radical (unpaired) electrons. The minimum absolute atomic E-state index is 0.129. The summed E-state index contributed by atoms with van der Waals surface area (Å²) in [7, 11) is 0. The summed E-state index contributed by atoms with van der Waals surface area (Å²) < 4.78 is 1.72. The first-order valence-electron chi connectivity index (χ1n) is 10.2. The van der Waals surface area contributed by atoms with Crippen LogP contribution in [-0.2, 0) is 10.2 Å². The molecule has 0 bridgehead atoms. The van der Waals surface area contributed by atoms with Gasteiger partial charge in [-0.05, 0) is 59.7 Å². The van der Waals surface area contributed by atoms with E-state index in [4.69, 9.17) is 0 Å². The van der Waals surface area contributed by atoms with Crippen LogP contribution < -0.4 is 0 Å². The third-order valence-corrected chi connectivity index (χ3v) is 6.96. The maximum Gasteiger partial charge on any atom is 0.214 e. The number of rotatable bonds is 7. The molecule has 1 aliphatic carbocycles. The second-order valence-corrected chi connectivity index (χ2v) is 9.27. The summed E-state index contributed by atoms with van der Waals surface area (Å²) in [6, 6.07) is 20.1. The van der Waals surface area contributed by atoms with Gasteiger partial charge in [-0.2, -0.15) is 4.68 Å². The molecule has 3 aromatic rings. The Morgan fingerprint density at radius 1 is 1.10 bits per heavy atom. The molecule has 1 aromatic heterocycles. The van der Waals surface area contributed by atoms with Crippen molar-refractivity contribution in [3.63, 3.8) is 0 Å². The average Bonchev–Trinajstić information content (AvgIpc) is 3.34. The van der Waals surface area contributed by atoms with Crippen LogP contribution in [0.25, 0.3) is 5.69 Å². The Morgan fingerprint density at radius 2 is 1.79 bits per heavy atom. The van der Waals surface area contributed by atoms with Gasteiger partial charge in [0, 0.05) is 0 Å². The molecule has 6 heteroatoms. The summed E-state index contributed by atoms with van der Waals surface area (Å²) in [5.41, 5.74) is 1.66. The van der Waals surface area contributed by atoms with Crippen LogP contribution in [-0.4, -0.2) is 31.2 Å². The number of carbonyl (C=O) groups is 1. The van der Waals surface area contributed by atoms with E-state index in [1.165, 1.54) is 11.8 Å². The molecule has 0 aliphatic heterocycles. The predicted octanol–water partition coefficient (Wildman–Crippen LogP) is 4.86. The largest absolute Gasteiger partial charge is 0.297 e. The summed E-state index contributed by atoms with van der Waals surface area (Å²) >= 11 is 1.50. The van der Waals surface area contributed by atoms with Crippen molar-refractivity contribution in [2.75, 3.05) is 0 Å². The molecule has 0 N–H and O–H groups in total. The van der Waals surface area contributed by atoms with Crippen molar-refractivity contribution in [1.82, 2.24) is 20.2 Å². The van der Waals surface area contributed by atoms with Gasteiger partial charge in [-0.1, -0.05) is 74.1 Å². The highest BCUT2D eigenvalue weighted by molar-refractivity contribution is 8.00. The Bertz CT molecular complexity index is 957. The lowest BCUT2D eigenvalue weighted by Crippen LogP contribution is -2.34. The first-order valence-corrected chi connectivity index (χ1v) is 11.1. The molecule has 0 amide bonds. The van der Waals surface area contributed by atoms with Crippen LogP contribution in [0.4, 0.5) is 0 Å². The summed E-state index contributed by atoms with van der Waals surface area (Å²) in [6.07, 6.45) is 3.67. The van der Waals surface area contributed by atoms with Crippen molar-refractivity contribution in [2.45, 2.75) is 55.4 Å². The van der Waals surface area contributed by atoms with Gasteiger partial charge in [-0.25, -0.2) is 0 Å². The molecule has 0 saturated heterocycles. The Morgan fingerprint density at radius 3 is 2.48 bits per heavy atom. The minimum Gasteiger partial charge on any atom is -0.297 e. The van der Waals surface area contributed by atoms with E-state index in [2.05, 4.69) is 41.5 Å². The molecule has 2 atom stereocenters. The summed E-state index contributed by atoms with van der Waals surface area (Å²) in [6.45, 7) is 4.44. The van der Waals surface area contributed by atoms with Gasteiger partial charge >= 0.3 is 0 Å². The van der Waals surface area contributed by atoms with Crippen LogP contribution in [0.5, 0.6) is 0 Å². The van der Waals surface area contributed by atoms with Crippen molar-refractivity contribution in [2.24, 2.45) is 5.92 Å². The smallest absolute Gasteiger partial charge is 0.214 e. The fourth-order valence-corrected chi connectivity index (χ4v) is 5.28. The first-order chi connectivity index (χ1) is 14.1. The standard InChI is InChI=1S/C23H26N4OS/c1-17(2)13-15-23(18-9-5-3-6-10-18)16-14-20(21(23)28)29-22-24-25-26-27(22)19-11-7-4-8-12-19/h3-12,17,20H,13-16H2,1-2H3. The van der Waals surface area contributed by atoms with E-state index in [9.17, 15) is 4.79 Å². The number of tetrazole rings is 1. The maximum absolute atomic E-state index is 13.7. The number of hydrogen-bond acceptors (Lipinski definition) is 5. The lowest BCUT2D eigenvalue weighted by Gasteiger charge is -2.29. The quantitative estimate of drug-likeness (QED) is 0.561. The van der Waals surface area contributed by atoms with E-state index in [1.54, 1.807) is 4.68 Å². The van der Waals surface area contributed by atoms with Gasteiger partial charge in [0.1, 0.15) is 0 Å². The van der Waals surface area contributed by atoms with Crippen molar-refractivity contribution in [3.05, 3.63) is 66.2 Å². The van der Waals surface area contributed by atoms with E-state index in [0.29, 0.717) is 16.9 Å². The Hall–Kier alpha value is -2.47. The number of carbonyl (C=O) groups excluding carboxylic acids is 1. The van der Waals surface area contributed by atoms with Gasteiger partial charge in [-0.3, -0.25) is 4.79 Å². The SMILES string of the molecule is CC(C)CCC1(c2ccccc2)CCC(Sc2nnnn2-c2ccccc2)C1=O. The molecule has 1 aliphatic rings. The molecular formula is C23H26N4OS. The van der Waals surface area contributed by atoms with Gasteiger partial charge < -0.3 is 0 Å². The molecule has 29 heavy (non-hydrogen) atoms. The molecule has 150 valence electrons. The Kier molecular flexibility index (Phi) is 5.81. The van der Waals surface area contributed by atoms with Crippen LogP contribution in [0.3, 0.4) is 0 Å². The van der Waals surface area contributed by atoms with Gasteiger partial charge in [0.25, 0.3) is 0 Å². The highest BCUT2D eigenvalue weighted by Crippen LogP contribution is 2.47. The zero-order valence-corrected chi connectivity index (χ0v) is 17.7. The van der Waals surface area contributed by atoms with E-state index >= 15 is 0 Å². The molecule has 0 spiro atoms. The van der Waals surface area contributed by atoms with Crippen LogP contribution in [0.15, 0.2) is 65.8 Å². The Labute approximate surface area is 175 Å². The number of nitrogens with zero attached hydrogens (tertiary/aromatic N) is 4. The van der Waals surface area contributed by atoms with E-state index in [1.807, 2.05) is 48.5 Å². The number of para-hydroxylation sites is 1. The maximum atomic E-state index is 13.7. The molecule has 2 aromatic carbocycles. The van der Waals surface area contributed by atoms with Crippen LogP contribution in [0, 0.1) is 5.92 Å². The topological polar surface area (TPSA) is 60.7 Å². The lowest BCUT2D eigenvalue weighted by atomic mass is 9.73. The van der Waals surface area contributed by atoms with Crippen LogP contribution in [0.2, 0.25) is 0 Å². The van der Waals surface area contributed by atoms with E-state index in [-0.39, 0.29) is 5.25 Å². The molecule has 1 fully saturated rings. The molecule has 2 unspecified atom stereocenters. The molecule has 5 nitrogen and oxygen atoms in total. The fraction of sp³-hybridized carbons (Fsp3) is 0.391. The third-order valence-electron chi connectivity index (χ3n) is 5.76. The van der Waals surface area contributed by atoms with Gasteiger partial charge in [0.15, 0.2) is 5.78 Å². The number of Topliss-reactive ketones (excluding diaryl/α,β-unsaturated/α-hetero) is 1. The second kappa shape index (κ2) is 8.49. The number of aromatic nitrogens is 4. The monoisotopic (exact) mass is 406 g/mol. The molecule has 4 rings (SSSR count). The summed E-state index contributed by atoms with van der Waals surface area (Å²) in [5, 5.41) is 12.7. The number of thioether (sulfide) groups is 1. The number of hydrogen-bond donors (Lipinski definition) is 0. The fourth-order valence-electron chi connectivity index (χ4n) is 4.13. The minimum atomic E-state index is -0.395. The lowest BCUT2D eigenvalue weighted by molar-refractivity contribution is -0.122. The van der Waals surface area contributed by atoms with Crippen LogP contribution >= 0.6 is 11.8 Å². The van der Waals surface area contributed by atoms with Crippen molar-refractivity contribution in [1.29, 1.82) is 0 Å². The average molecular weight is 407 g/mol. The predicted molar refractivity (Wildman–Crippen MR) is 115 cm³/mol. The highest BCUT2D eigenvalue weighted by Gasteiger charge is 2.49. The highest BCUT2D eigenvalue weighted by atomic mass is 32.2. The van der Waals surface area contributed by atoms with Gasteiger partial charge in [-0.15, -0.1) is 5.10 Å². The first kappa shape index (κ1) is 19.8. The molecule has 1 saturated carbocycles. The third kappa shape index (κ3) is 3.99. The van der Waals surface area contributed by atoms with Gasteiger partial charge in [0.2, 0.25) is 5.16 Å². The second-order valence-electron chi connectivity index (χ2n) is 8.10. The number of benzene rings is 2. The van der Waals surface area contributed by atoms with E-state index < -0.39 is 5.41 Å². The number of ketones is 1.